The minimum atomic E-state index is -1.35. The van der Waals surface area contributed by atoms with E-state index in [2.05, 4.69) is 4.98 Å². The van der Waals surface area contributed by atoms with Crippen LogP contribution in [0, 0.1) is 0 Å². The number of hydrogen-bond acceptors (Lipinski definition) is 2. The Morgan fingerprint density at radius 2 is 2.25 bits per heavy atom. The molecule has 0 radical (unpaired) electrons. The van der Waals surface area contributed by atoms with Gasteiger partial charge in [-0.1, -0.05) is 0 Å². The van der Waals surface area contributed by atoms with Crippen LogP contribution < -0.4 is 5.46 Å². The van der Waals surface area contributed by atoms with Crippen LogP contribution >= 0.6 is 0 Å². The number of aromatic nitrogens is 1. The molecule has 1 aromatic heterocycles. The highest BCUT2D eigenvalue weighted by molar-refractivity contribution is 6.58. The van der Waals surface area contributed by atoms with Crippen molar-refractivity contribution in [3.63, 3.8) is 0 Å². The molecule has 0 aromatic carbocycles. The summed E-state index contributed by atoms with van der Waals surface area (Å²) in [7, 11) is -1.35. The Hall–Kier alpha value is -0.735. The highest BCUT2D eigenvalue weighted by Gasteiger charge is 2.08. The van der Waals surface area contributed by atoms with Crippen molar-refractivity contribution in [1.82, 2.24) is 4.98 Å². The average molecular weight is 111 g/mol. The topological polar surface area (TPSA) is 56.2 Å². The van der Waals surface area contributed by atoms with Crippen LogP contribution in [0.25, 0.3) is 0 Å². The van der Waals surface area contributed by atoms with Gasteiger partial charge in [0.2, 0.25) is 0 Å². The molecule has 0 spiro atoms. The molecule has 0 fully saturated rings. The predicted molar refractivity (Wildman–Crippen MR) is 30.6 cm³/mol. The maximum atomic E-state index is 8.45. The summed E-state index contributed by atoms with van der Waals surface area (Å²) < 4.78 is 0. The van der Waals surface area contributed by atoms with Crippen LogP contribution in [0.3, 0.4) is 0 Å². The second-order valence-electron chi connectivity index (χ2n) is 1.52. The molecule has 0 aliphatic carbocycles. The zero-order chi connectivity index (χ0) is 5.98. The maximum Gasteiger partial charge on any atom is 0.489 e. The lowest BCUT2D eigenvalue weighted by Crippen LogP contribution is -2.27. The first kappa shape index (κ1) is 5.40. The summed E-state index contributed by atoms with van der Waals surface area (Å²) in [5, 5.41) is 16.9. The van der Waals surface area contributed by atoms with Gasteiger partial charge in [0.05, 0.1) is 0 Å². The summed E-state index contributed by atoms with van der Waals surface area (Å²) in [5.74, 6) is 0. The van der Waals surface area contributed by atoms with E-state index in [1.165, 1.54) is 6.20 Å². The molecule has 4 heteroatoms. The van der Waals surface area contributed by atoms with Gasteiger partial charge >= 0.3 is 7.12 Å². The van der Waals surface area contributed by atoms with E-state index in [1.54, 1.807) is 12.3 Å². The van der Waals surface area contributed by atoms with E-state index in [4.69, 9.17) is 10.0 Å². The Morgan fingerprint density at radius 1 is 1.50 bits per heavy atom. The van der Waals surface area contributed by atoms with Crippen molar-refractivity contribution in [2.24, 2.45) is 0 Å². The van der Waals surface area contributed by atoms with Gasteiger partial charge in [-0.05, 0) is 11.5 Å². The first-order chi connectivity index (χ1) is 3.80. The van der Waals surface area contributed by atoms with E-state index in [9.17, 15) is 0 Å². The van der Waals surface area contributed by atoms with Gasteiger partial charge in [0.25, 0.3) is 0 Å². The first-order valence-electron chi connectivity index (χ1n) is 2.29. The monoisotopic (exact) mass is 111 g/mol. The second kappa shape index (κ2) is 2.02. The standard InChI is InChI=1S/C4H6BNO2/c7-5(8)4-1-2-6-3-4/h1-3,6-8H. The summed E-state index contributed by atoms with van der Waals surface area (Å²) in [6.07, 6.45) is 3.17. The molecule has 0 unspecified atom stereocenters. The highest BCUT2D eigenvalue weighted by Crippen LogP contribution is 1.76. The largest absolute Gasteiger partial charge is 0.489 e. The van der Waals surface area contributed by atoms with Gasteiger partial charge in [0.1, 0.15) is 0 Å². The van der Waals surface area contributed by atoms with Crippen LogP contribution in [0.1, 0.15) is 0 Å². The first-order valence-corrected chi connectivity index (χ1v) is 2.29. The van der Waals surface area contributed by atoms with E-state index in [0.717, 1.165) is 0 Å². The molecule has 0 saturated heterocycles. The Morgan fingerprint density at radius 3 is 2.50 bits per heavy atom. The second-order valence-corrected chi connectivity index (χ2v) is 1.52. The van der Waals surface area contributed by atoms with Crippen LogP contribution in [0.4, 0.5) is 0 Å². The van der Waals surface area contributed by atoms with E-state index in [-0.39, 0.29) is 0 Å². The van der Waals surface area contributed by atoms with Gasteiger partial charge in [-0.3, -0.25) is 0 Å². The fraction of sp³-hybridized carbons (Fsp3) is 0. The van der Waals surface area contributed by atoms with Gasteiger partial charge in [0.15, 0.2) is 0 Å². The number of H-pyrrole nitrogens is 1. The molecule has 0 aliphatic rings. The van der Waals surface area contributed by atoms with E-state index in [1.807, 2.05) is 0 Å². The van der Waals surface area contributed by atoms with Gasteiger partial charge < -0.3 is 15.0 Å². The lowest BCUT2D eigenvalue weighted by molar-refractivity contribution is 0.426. The molecule has 1 rings (SSSR count). The van der Waals surface area contributed by atoms with Crippen LogP contribution in [-0.4, -0.2) is 22.2 Å². The number of hydrogen-bond donors (Lipinski definition) is 3. The molecule has 3 N–H and O–H groups in total. The van der Waals surface area contributed by atoms with Crippen LogP contribution in [0.15, 0.2) is 18.5 Å². The van der Waals surface area contributed by atoms with Crippen molar-refractivity contribution < 1.29 is 10.0 Å². The molecular formula is C4H6BNO2. The number of aromatic amines is 1. The van der Waals surface area contributed by atoms with Gasteiger partial charge in [-0.15, -0.1) is 0 Å². The third-order valence-corrected chi connectivity index (χ3v) is 0.920. The van der Waals surface area contributed by atoms with Crippen LogP contribution in [0.2, 0.25) is 0 Å². The van der Waals surface area contributed by atoms with E-state index < -0.39 is 7.12 Å². The molecule has 42 valence electrons. The molecule has 3 nitrogen and oxygen atoms in total. The zero-order valence-electron chi connectivity index (χ0n) is 4.20. The van der Waals surface area contributed by atoms with Crippen molar-refractivity contribution in [2.45, 2.75) is 0 Å². The summed E-state index contributed by atoms with van der Waals surface area (Å²) in [6, 6.07) is 1.60. The van der Waals surface area contributed by atoms with E-state index >= 15 is 0 Å². The smallest absolute Gasteiger partial charge is 0.423 e. The highest BCUT2D eigenvalue weighted by atomic mass is 16.4. The molecule has 0 bridgehead atoms. The Balaban J connectivity index is 2.77. The van der Waals surface area contributed by atoms with Gasteiger partial charge in [-0.25, -0.2) is 0 Å². The van der Waals surface area contributed by atoms with Crippen LogP contribution in [0.5, 0.6) is 0 Å². The van der Waals surface area contributed by atoms with Crippen molar-refractivity contribution in [2.75, 3.05) is 0 Å². The zero-order valence-corrected chi connectivity index (χ0v) is 4.20. The van der Waals surface area contributed by atoms with Crippen molar-refractivity contribution in [3.05, 3.63) is 18.5 Å². The molecule has 0 aliphatic heterocycles. The van der Waals surface area contributed by atoms with Crippen molar-refractivity contribution in [1.29, 1.82) is 0 Å². The van der Waals surface area contributed by atoms with Crippen molar-refractivity contribution >= 4 is 12.6 Å². The summed E-state index contributed by atoms with van der Waals surface area (Å²) in [4.78, 5) is 2.69. The van der Waals surface area contributed by atoms with E-state index in [0.29, 0.717) is 5.46 Å². The molecule has 8 heavy (non-hydrogen) atoms. The Kier molecular flexibility index (Phi) is 1.37. The molecule has 0 atom stereocenters. The summed E-state index contributed by atoms with van der Waals surface area (Å²) in [5.41, 5.74) is 0.491. The SMILES string of the molecule is OB(O)c1cc[nH]c1. The fourth-order valence-electron chi connectivity index (χ4n) is 0.497. The maximum absolute atomic E-state index is 8.45. The molecule has 1 aromatic rings. The molecule has 0 amide bonds. The summed E-state index contributed by atoms with van der Waals surface area (Å²) >= 11 is 0. The molecular weight excluding hydrogens is 105 g/mol. The van der Waals surface area contributed by atoms with Gasteiger partial charge in [0, 0.05) is 12.4 Å². The fourth-order valence-corrected chi connectivity index (χ4v) is 0.497. The minimum absolute atomic E-state index is 0.491. The third-order valence-electron chi connectivity index (χ3n) is 0.920. The van der Waals surface area contributed by atoms with Gasteiger partial charge in [-0.2, -0.15) is 0 Å². The van der Waals surface area contributed by atoms with Crippen molar-refractivity contribution in [3.8, 4) is 0 Å². The predicted octanol–water partition coefficient (Wildman–Crippen LogP) is -1.31. The lowest BCUT2D eigenvalue weighted by Gasteiger charge is -1.87. The summed E-state index contributed by atoms with van der Waals surface area (Å²) in [6.45, 7) is 0. The normalized spacial score (nSPS) is 9.25. The number of rotatable bonds is 1. The third kappa shape index (κ3) is 0.909. The molecule has 1 heterocycles. The average Bonchev–Trinajstić information content (AvgIpc) is 2.12. The lowest BCUT2D eigenvalue weighted by atomic mass is 9.83. The Bertz CT molecular complexity index is 149. The van der Waals surface area contributed by atoms with Crippen LogP contribution in [-0.2, 0) is 0 Å². The Labute approximate surface area is 47.1 Å². The molecule has 0 saturated carbocycles. The quantitative estimate of drug-likeness (QED) is 0.394. The number of nitrogens with one attached hydrogen (secondary N) is 1. The minimum Gasteiger partial charge on any atom is -0.423 e.